The molecule has 0 spiro atoms. The van der Waals surface area contributed by atoms with Crippen molar-refractivity contribution in [2.24, 2.45) is 0 Å². The van der Waals surface area contributed by atoms with Crippen LogP contribution in [0.15, 0.2) is 35.2 Å². The van der Waals surface area contributed by atoms with Crippen LogP contribution >= 0.6 is 0 Å². The number of sulfonamides is 1. The first-order valence-corrected chi connectivity index (χ1v) is 8.79. The summed E-state index contributed by atoms with van der Waals surface area (Å²) >= 11 is 0. The smallest absolute Gasteiger partial charge is 0.240 e. The van der Waals surface area contributed by atoms with E-state index in [0.29, 0.717) is 13.0 Å². The van der Waals surface area contributed by atoms with Crippen LogP contribution < -0.4 is 4.72 Å². The number of nitrogens with zero attached hydrogens (tertiary/aromatic N) is 2. The van der Waals surface area contributed by atoms with E-state index in [1.54, 1.807) is 35.2 Å². The molecule has 1 aromatic carbocycles. The molecule has 1 aromatic rings. The maximum atomic E-state index is 12.2. The van der Waals surface area contributed by atoms with Gasteiger partial charge in [-0.25, -0.2) is 13.1 Å². The molecule has 0 radical (unpaired) electrons. The minimum absolute atomic E-state index is 0.133. The maximum absolute atomic E-state index is 12.2. The average molecular weight is 309 g/mol. The van der Waals surface area contributed by atoms with Crippen molar-refractivity contribution in [3.8, 4) is 6.19 Å². The molecule has 21 heavy (non-hydrogen) atoms. The predicted molar refractivity (Wildman–Crippen MR) is 82.9 cm³/mol. The quantitative estimate of drug-likeness (QED) is 0.866. The summed E-state index contributed by atoms with van der Waals surface area (Å²) in [6.07, 6.45) is 3.64. The Bertz CT molecular complexity index is 566. The topological polar surface area (TPSA) is 73.2 Å². The largest absolute Gasteiger partial charge is 0.306 e. The van der Waals surface area contributed by atoms with Gasteiger partial charge in [0, 0.05) is 18.6 Å². The fourth-order valence-electron chi connectivity index (χ4n) is 2.40. The SMILES string of the molecule is CC.CC[C@H]1C[C@@H](NS(=O)(=O)c2ccccc2)CN1C#N. The molecule has 0 amide bonds. The lowest BCUT2D eigenvalue weighted by atomic mass is 10.1. The van der Waals surface area contributed by atoms with Crippen molar-refractivity contribution in [2.45, 2.75) is 50.6 Å². The summed E-state index contributed by atoms with van der Waals surface area (Å²) in [6, 6.07) is 8.23. The first-order chi connectivity index (χ1) is 10.1. The molecule has 1 N–H and O–H groups in total. The van der Waals surface area contributed by atoms with Gasteiger partial charge in [0.2, 0.25) is 10.0 Å². The van der Waals surface area contributed by atoms with Crippen molar-refractivity contribution >= 4 is 10.0 Å². The zero-order valence-electron chi connectivity index (χ0n) is 12.8. The highest BCUT2D eigenvalue weighted by Crippen LogP contribution is 2.21. The highest BCUT2D eigenvalue weighted by Gasteiger charge is 2.33. The fraction of sp³-hybridized carbons (Fsp3) is 0.533. The third kappa shape index (κ3) is 4.45. The van der Waals surface area contributed by atoms with Gasteiger partial charge in [-0.15, -0.1) is 0 Å². The molecule has 6 heteroatoms. The Kier molecular flexibility index (Phi) is 6.66. The van der Waals surface area contributed by atoms with Crippen LogP contribution in [0.5, 0.6) is 0 Å². The van der Waals surface area contributed by atoms with Crippen molar-refractivity contribution < 1.29 is 8.42 Å². The lowest BCUT2D eigenvalue weighted by Gasteiger charge is -2.14. The Labute approximate surface area is 127 Å². The summed E-state index contributed by atoms with van der Waals surface area (Å²) < 4.78 is 27.0. The van der Waals surface area contributed by atoms with Gasteiger partial charge in [0.1, 0.15) is 0 Å². The molecular weight excluding hydrogens is 286 g/mol. The highest BCUT2D eigenvalue weighted by molar-refractivity contribution is 7.89. The Morgan fingerprint density at radius 1 is 1.33 bits per heavy atom. The number of benzene rings is 1. The van der Waals surface area contributed by atoms with E-state index < -0.39 is 10.0 Å². The standard InChI is InChI=1S/C13H17N3O2S.C2H6/c1-2-12-8-11(9-16(12)10-14)15-19(17,18)13-6-4-3-5-7-13;1-2/h3-7,11-12,15H,2,8-9H2,1H3;1-2H3/t11-,12+;/m1./s1. The van der Waals surface area contributed by atoms with Crippen molar-refractivity contribution in [3.05, 3.63) is 30.3 Å². The van der Waals surface area contributed by atoms with Crippen LogP contribution in [0, 0.1) is 11.5 Å². The Balaban J connectivity index is 0.00000106. The zero-order chi connectivity index (χ0) is 15.9. The molecule has 1 aliphatic rings. The fourth-order valence-corrected chi connectivity index (χ4v) is 3.66. The predicted octanol–water partition coefficient (Wildman–Crippen LogP) is 2.33. The third-order valence-electron chi connectivity index (χ3n) is 3.39. The second-order valence-electron chi connectivity index (χ2n) is 4.68. The summed E-state index contributed by atoms with van der Waals surface area (Å²) in [7, 11) is -3.49. The molecule has 1 aliphatic heterocycles. The van der Waals surface area contributed by atoms with E-state index >= 15 is 0 Å². The lowest BCUT2D eigenvalue weighted by molar-refractivity contribution is 0.355. The van der Waals surface area contributed by atoms with Crippen LogP contribution in [0.3, 0.4) is 0 Å². The van der Waals surface area contributed by atoms with Crippen LogP contribution in [0.1, 0.15) is 33.6 Å². The molecule has 1 saturated heterocycles. The van der Waals surface area contributed by atoms with Crippen LogP contribution in [-0.4, -0.2) is 31.9 Å². The van der Waals surface area contributed by atoms with E-state index in [0.717, 1.165) is 6.42 Å². The van der Waals surface area contributed by atoms with Gasteiger partial charge in [-0.05, 0) is 25.0 Å². The molecule has 2 rings (SSSR count). The first kappa shape index (κ1) is 17.5. The minimum Gasteiger partial charge on any atom is -0.306 e. The lowest BCUT2D eigenvalue weighted by Crippen LogP contribution is -2.36. The Hall–Kier alpha value is -1.58. The molecule has 0 unspecified atom stereocenters. The normalized spacial score (nSPS) is 21.3. The van der Waals surface area contributed by atoms with Crippen LogP contribution in [0.25, 0.3) is 0 Å². The zero-order valence-corrected chi connectivity index (χ0v) is 13.6. The number of hydrogen-bond acceptors (Lipinski definition) is 4. The molecule has 5 nitrogen and oxygen atoms in total. The second-order valence-corrected chi connectivity index (χ2v) is 6.40. The first-order valence-electron chi connectivity index (χ1n) is 7.30. The molecular formula is C15H23N3O2S. The molecule has 1 fully saturated rings. The molecule has 1 heterocycles. The molecule has 0 aliphatic carbocycles. The number of nitriles is 1. The summed E-state index contributed by atoms with van der Waals surface area (Å²) in [4.78, 5) is 1.91. The third-order valence-corrected chi connectivity index (χ3v) is 4.93. The minimum atomic E-state index is -3.49. The van der Waals surface area contributed by atoms with E-state index in [1.165, 1.54) is 0 Å². The number of rotatable bonds is 4. The number of likely N-dealkylation sites (tertiary alicyclic amines) is 1. The van der Waals surface area contributed by atoms with E-state index in [9.17, 15) is 8.42 Å². The van der Waals surface area contributed by atoms with Crippen molar-refractivity contribution in [3.63, 3.8) is 0 Å². The van der Waals surface area contributed by atoms with Gasteiger partial charge < -0.3 is 4.90 Å². The maximum Gasteiger partial charge on any atom is 0.240 e. The van der Waals surface area contributed by atoms with Crippen molar-refractivity contribution in [1.82, 2.24) is 9.62 Å². The second kappa shape index (κ2) is 8.01. The number of hydrogen-bond donors (Lipinski definition) is 1. The molecule has 0 aromatic heterocycles. The summed E-state index contributed by atoms with van der Waals surface area (Å²) in [6.45, 7) is 6.45. The van der Waals surface area contributed by atoms with E-state index in [4.69, 9.17) is 5.26 Å². The van der Waals surface area contributed by atoms with Crippen LogP contribution in [0.4, 0.5) is 0 Å². The van der Waals surface area contributed by atoms with Gasteiger partial charge in [0.15, 0.2) is 6.19 Å². The molecule has 116 valence electrons. The van der Waals surface area contributed by atoms with Gasteiger partial charge in [0.05, 0.1) is 4.90 Å². The van der Waals surface area contributed by atoms with Crippen molar-refractivity contribution in [2.75, 3.05) is 6.54 Å². The van der Waals surface area contributed by atoms with E-state index in [-0.39, 0.29) is 17.0 Å². The van der Waals surface area contributed by atoms with Gasteiger partial charge in [-0.2, -0.15) is 5.26 Å². The van der Waals surface area contributed by atoms with E-state index in [1.807, 2.05) is 20.8 Å². The molecule has 0 bridgehead atoms. The molecule has 2 atom stereocenters. The summed E-state index contributed by atoms with van der Waals surface area (Å²) in [5, 5.41) is 9.00. The highest BCUT2D eigenvalue weighted by atomic mass is 32.2. The van der Waals surface area contributed by atoms with Crippen LogP contribution in [0.2, 0.25) is 0 Å². The molecule has 0 saturated carbocycles. The monoisotopic (exact) mass is 309 g/mol. The Morgan fingerprint density at radius 2 is 1.95 bits per heavy atom. The summed E-state index contributed by atoms with van der Waals surface area (Å²) in [5.74, 6) is 0. The van der Waals surface area contributed by atoms with Gasteiger partial charge in [0.25, 0.3) is 0 Å². The van der Waals surface area contributed by atoms with Gasteiger partial charge in [-0.3, -0.25) is 0 Å². The van der Waals surface area contributed by atoms with Crippen LogP contribution in [-0.2, 0) is 10.0 Å². The number of nitrogens with one attached hydrogen (secondary N) is 1. The average Bonchev–Trinajstić information content (AvgIpc) is 2.91. The van der Waals surface area contributed by atoms with E-state index in [2.05, 4.69) is 10.9 Å². The summed E-state index contributed by atoms with van der Waals surface area (Å²) in [5.41, 5.74) is 0. The van der Waals surface area contributed by atoms with Gasteiger partial charge >= 0.3 is 0 Å². The Morgan fingerprint density at radius 3 is 2.43 bits per heavy atom. The van der Waals surface area contributed by atoms with Gasteiger partial charge in [-0.1, -0.05) is 39.0 Å². The van der Waals surface area contributed by atoms with Crippen molar-refractivity contribution in [1.29, 1.82) is 5.26 Å².